The van der Waals surface area contributed by atoms with E-state index in [1.54, 1.807) is 0 Å². The number of benzene rings is 6. The van der Waals surface area contributed by atoms with E-state index in [9.17, 15) is 0 Å². The summed E-state index contributed by atoms with van der Waals surface area (Å²) in [5.74, 6) is 0. The second-order valence-electron chi connectivity index (χ2n) is 10.9. The minimum absolute atomic E-state index is 0.926. The molecule has 200 valence electrons. The SMILES string of the molecule is c1ccc(Cc2cc(Cc3ccccc3)c(Cc3ccccc3)c(Cc3ccccc3)c2Cc2ccccc2)cc1. The van der Waals surface area contributed by atoms with Crippen molar-refractivity contribution in [3.8, 4) is 0 Å². The molecule has 0 heteroatoms. The lowest BCUT2D eigenvalue weighted by Gasteiger charge is -2.24. The monoisotopic (exact) mass is 528 g/mol. The summed E-state index contributed by atoms with van der Waals surface area (Å²) in [6.45, 7) is 0. The molecule has 0 unspecified atom stereocenters. The predicted molar refractivity (Wildman–Crippen MR) is 173 cm³/mol. The highest BCUT2D eigenvalue weighted by Gasteiger charge is 2.20. The van der Waals surface area contributed by atoms with Crippen LogP contribution in [0.4, 0.5) is 0 Å². The smallest absolute Gasteiger partial charge is 0.00199 e. The van der Waals surface area contributed by atoms with E-state index in [0.29, 0.717) is 0 Å². The van der Waals surface area contributed by atoms with Crippen LogP contribution in [0.3, 0.4) is 0 Å². The third-order valence-corrected chi connectivity index (χ3v) is 8.00. The average molecular weight is 529 g/mol. The zero-order valence-corrected chi connectivity index (χ0v) is 23.5. The molecule has 0 fully saturated rings. The molecule has 0 aliphatic heterocycles. The quantitative estimate of drug-likeness (QED) is 0.166. The van der Waals surface area contributed by atoms with E-state index in [4.69, 9.17) is 0 Å². The third-order valence-electron chi connectivity index (χ3n) is 8.00. The Bertz CT molecular complexity index is 1550. The van der Waals surface area contributed by atoms with Crippen molar-refractivity contribution < 1.29 is 0 Å². The van der Waals surface area contributed by atoms with E-state index in [1.807, 2.05) is 0 Å². The van der Waals surface area contributed by atoms with Gasteiger partial charge in [-0.2, -0.15) is 0 Å². The van der Waals surface area contributed by atoms with Crippen LogP contribution in [-0.2, 0) is 32.1 Å². The van der Waals surface area contributed by atoms with Crippen molar-refractivity contribution in [2.24, 2.45) is 0 Å². The highest BCUT2D eigenvalue weighted by molar-refractivity contribution is 5.54. The first-order chi connectivity index (χ1) is 20.3. The Kier molecular flexibility index (Phi) is 8.49. The van der Waals surface area contributed by atoms with Gasteiger partial charge in [0.15, 0.2) is 0 Å². The maximum atomic E-state index is 2.53. The zero-order valence-electron chi connectivity index (χ0n) is 23.5. The van der Waals surface area contributed by atoms with Crippen molar-refractivity contribution in [3.05, 3.63) is 213 Å². The highest BCUT2D eigenvalue weighted by atomic mass is 14.2. The van der Waals surface area contributed by atoms with E-state index in [2.05, 4.69) is 158 Å². The summed E-state index contributed by atoms with van der Waals surface area (Å²) in [5, 5.41) is 0. The van der Waals surface area contributed by atoms with Crippen LogP contribution in [0.5, 0.6) is 0 Å². The fraction of sp³-hybridized carbons (Fsp3) is 0.122. The second kappa shape index (κ2) is 13.1. The molecule has 0 radical (unpaired) electrons. The Balaban J connectivity index is 1.58. The first kappa shape index (κ1) is 26.5. The van der Waals surface area contributed by atoms with Crippen LogP contribution >= 0.6 is 0 Å². The standard InChI is InChI=1S/C41H36/c1-6-16-32(17-7-1)26-37-31-38(27-33-18-8-2-9-19-33)40(29-35-22-12-4-13-23-35)41(30-36-24-14-5-15-25-36)39(37)28-34-20-10-3-11-21-34/h1-25,31H,26-30H2. The van der Waals surface area contributed by atoms with Crippen LogP contribution in [0.25, 0.3) is 0 Å². The summed E-state index contributed by atoms with van der Waals surface area (Å²) in [6.07, 6.45) is 4.64. The largest absolute Gasteiger partial charge is 0.0622 e. The maximum absolute atomic E-state index is 2.53. The summed E-state index contributed by atoms with van der Waals surface area (Å²) < 4.78 is 0. The molecule has 0 bridgehead atoms. The lowest BCUT2D eigenvalue weighted by atomic mass is 9.80. The molecule has 0 aliphatic carbocycles. The van der Waals surface area contributed by atoms with Gasteiger partial charge in [0, 0.05) is 0 Å². The molecule has 0 N–H and O–H groups in total. The minimum atomic E-state index is 0.926. The average Bonchev–Trinajstić information content (AvgIpc) is 3.03. The molecule has 6 rings (SSSR count). The Labute approximate surface area is 245 Å². The van der Waals surface area contributed by atoms with Crippen LogP contribution in [0.15, 0.2) is 158 Å². The van der Waals surface area contributed by atoms with Crippen molar-refractivity contribution in [1.29, 1.82) is 0 Å². The van der Waals surface area contributed by atoms with Crippen LogP contribution < -0.4 is 0 Å². The summed E-state index contributed by atoms with van der Waals surface area (Å²) in [6, 6.07) is 57.4. The number of hydrogen-bond donors (Lipinski definition) is 0. The molecule has 0 aromatic heterocycles. The first-order valence-corrected chi connectivity index (χ1v) is 14.7. The third kappa shape index (κ3) is 6.91. The summed E-state index contributed by atoms with van der Waals surface area (Å²) in [5.41, 5.74) is 14.1. The van der Waals surface area contributed by atoms with Crippen LogP contribution in [0.2, 0.25) is 0 Å². The molecule has 0 heterocycles. The molecular weight excluding hydrogens is 492 g/mol. The summed E-state index contributed by atoms with van der Waals surface area (Å²) in [7, 11) is 0. The fourth-order valence-electron chi connectivity index (χ4n) is 5.96. The maximum Gasteiger partial charge on any atom is -0.00199 e. The van der Waals surface area contributed by atoms with Gasteiger partial charge in [-0.05, 0) is 87.7 Å². The van der Waals surface area contributed by atoms with Gasteiger partial charge in [0.2, 0.25) is 0 Å². The fourth-order valence-corrected chi connectivity index (χ4v) is 5.96. The molecule has 0 saturated carbocycles. The van der Waals surface area contributed by atoms with Gasteiger partial charge in [0.25, 0.3) is 0 Å². The molecule has 0 atom stereocenters. The van der Waals surface area contributed by atoms with Gasteiger partial charge in [-0.3, -0.25) is 0 Å². The van der Waals surface area contributed by atoms with Crippen molar-refractivity contribution in [2.45, 2.75) is 32.1 Å². The van der Waals surface area contributed by atoms with Gasteiger partial charge < -0.3 is 0 Å². The van der Waals surface area contributed by atoms with Crippen molar-refractivity contribution in [3.63, 3.8) is 0 Å². The normalized spacial score (nSPS) is 10.9. The Morgan fingerprint density at radius 1 is 0.244 bits per heavy atom. The second-order valence-corrected chi connectivity index (χ2v) is 10.9. The first-order valence-electron chi connectivity index (χ1n) is 14.7. The van der Waals surface area contributed by atoms with Crippen LogP contribution in [0.1, 0.15) is 55.6 Å². The van der Waals surface area contributed by atoms with Gasteiger partial charge in [-0.1, -0.05) is 158 Å². The van der Waals surface area contributed by atoms with E-state index in [-0.39, 0.29) is 0 Å². The van der Waals surface area contributed by atoms with E-state index >= 15 is 0 Å². The van der Waals surface area contributed by atoms with Crippen molar-refractivity contribution in [1.82, 2.24) is 0 Å². The molecule has 0 nitrogen and oxygen atoms in total. The molecule has 6 aromatic carbocycles. The summed E-state index contributed by atoms with van der Waals surface area (Å²) >= 11 is 0. The molecule has 6 aromatic rings. The van der Waals surface area contributed by atoms with E-state index < -0.39 is 0 Å². The van der Waals surface area contributed by atoms with Gasteiger partial charge >= 0.3 is 0 Å². The number of rotatable bonds is 10. The predicted octanol–water partition coefficient (Wildman–Crippen LogP) is 9.64. The Hall–Kier alpha value is -4.68. The highest BCUT2D eigenvalue weighted by Crippen LogP contribution is 2.33. The van der Waals surface area contributed by atoms with E-state index in [0.717, 1.165) is 32.1 Å². The van der Waals surface area contributed by atoms with Gasteiger partial charge in [0.05, 0.1) is 0 Å². The lowest BCUT2D eigenvalue weighted by Crippen LogP contribution is -2.12. The number of hydrogen-bond acceptors (Lipinski definition) is 0. The summed E-state index contributed by atoms with van der Waals surface area (Å²) in [4.78, 5) is 0. The lowest BCUT2D eigenvalue weighted by molar-refractivity contribution is 0.964. The van der Waals surface area contributed by atoms with Crippen LogP contribution in [-0.4, -0.2) is 0 Å². The van der Waals surface area contributed by atoms with Gasteiger partial charge in [-0.25, -0.2) is 0 Å². The molecule has 0 aliphatic rings. The molecule has 0 saturated heterocycles. The topological polar surface area (TPSA) is 0 Å². The van der Waals surface area contributed by atoms with Crippen molar-refractivity contribution in [2.75, 3.05) is 0 Å². The minimum Gasteiger partial charge on any atom is -0.0622 e. The van der Waals surface area contributed by atoms with Crippen LogP contribution in [0, 0.1) is 0 Å². The van der Waals surface area contributed by atoms with Gasteiger partial charge in [0.1, 0.15) is 0 Å². The van der Waals surface area contributed by atoms with Crippen molar-refractivity contribution >= 4 is 0 Å². The Morgan fingerprint density at radius 2 is 0.488 bits per heavy atom. The zero-order chi connectivity index (χ0) is 27.7. The molecule has 0 amide bonds. The Morgan fingerprint density at radius 3 is 0.780 bits per heavy atom. The molecule has 41 heavy (non-hydrogen) atoms. The van der Waals surface area contributed by atoms with E-state index in [1.165, 1.54) is 55.6 Å². The molecular formula is C41H36. The molecule has 0 spiro atoms. The van der Waals surface area contributed by atoms with Gasteiger partial charge in [-0.15, -0.1) is 0 Å².